The van der Waals surface area contributed by atoms with Crippen LogP contribution in [-0.4, -0.2) is 36.8 Å². The minimum Gasteiger partial charge on any atom is -0.487 e. The lowest BCUT2D eigenvalue weighted by Crippen LogP contribution is -2.59. The van der Waals surface area contributed by atoms with Crippen molar-refractivity contribution in [2.75, 3.05) is 26.2 Å². The Balaban J connectivity index is 1.67. The highest BCUT2D eigenvalue weighted by Gasteiger charge is 2.35. The maximum Gasteiger partial charge on any atom is 0.140 e. The number of hydrogen-bond acceptors (Lipinski definition) is 1. The number of piperidine rings is 1. The van der Waals surface area contributed by atoms with E-state index in [1.165, 1.54) is 60.9 Å². The van der Waals surface area contributed by atoms with Crippen molar-refractivity contribution in [1.29, 1.82) is 0 Å². The standard InChI is InChI=1S/C24H34NO/c1-3-16-25(17-10-5-11-18-25)21(2)20-26-24-15-9-8-14-23(24)19-22-12-6-4-7-13-22/h4,6-9,12-15,21H,3,5,10-11,16-20H2,1-2H3/q+1. The third kappa shape index (κ3) is 4.67. The lowest BCUT2D eigenvalue weighted by atomic mass is 10.0. The molecule has 2 heteroatoms. The Bertz CT molecular complexity index is 655. The van der Waals surface area contributed by atoms with E-state index in [9.17, 15) is 0 Å². The van der Waals surface area contributed by atoms with Crippen molar-refractivity contribution in [3.8, 4) is 5.75 Å². The van der Waals surface area contributed by atoms with E-state index in [1.54, 1.807) is 0 Å². The quantitative estimate of drug-likeness (QED) is 0.574. The Hall–Kier alpha value is -1.80. The van der Waals surface area contributed by atoms with Gasteiger partial charge in [-0.05, 0) is 49.8 Å². The molecule has 1 heterocycles. The molecule has 1 unspecified atom stereocenters. The number of nitrogens with zero attached hydrogens (tertiary/aromatic N) is 1. The van der Waals surface area contributed by atoms with E-state index in [-0.39, 0.29) is 0 Å². The molecule has 2 aromatic rings. The first-order chi connectivity index (χ1) is 12.7. The van der Waals surface area contributed by atoms with Crippen molar-refractivity contribution < 1.29 is 9.22 Å². The van der Waals surface area contributed by atoms with Gasteiger partial charge in [-0.1, -0.05) is 55.5 Å². The van der Waals surface area contributed by atoms with Crippen molar-refractivity contribution in [1.82, 2.24) is 0 Å². The number of ether oxygens (including phenoxy) is 1. The molecule has 26 heavy (non-hydrogen) atoms. The van der Waals surface area contributed by atoms with E-state index >= 15 is 0 Å². The summed E-state index contributed by atoms with van der Waals surface area (Å²) in [5.41, 5.74) is 2.62. The van der Waals surface area contributed by atoms with Crippen LogP contribution in [0.3, 0.4) is 0 Å². The van der Waals surface area contributed by atoms with Gasteiger partial charge in [0.25, 0.3) is 0 Å². The maximum absolute atomic E-state index is 6.38. The minimum atomic E-state index is 0.556. The number of benzene rings is 2. The smallest absolute Gasteiger partial charge is 0.140 e. The highest BCUT2D eigenvalue weighted by atomic mass is 16.5. The lowest BCUT2D eigenvalue weighted by molar-refractivity contribution is -0.953. The summed E-state index contributed by atoms with van der Waals surface area (Å²) in [4.78, 5) is 0. The second kappa shape index (κ2) is 9.23. The second-order valence-corrected chi connectivity index (χ2v) is 7.88. The Kier molecular flexibility index (Phi) is 6.73. The molecule has 1 saturated heterocycles. The summed E-state index contributed by atoms with van der Waals surface area (Å²) in [6.45, 7) is 9.45. The molecule has 1 fully saturated rings. The van der Waals surface area contributed by atoms with Gasteiger partial charge in [-0.15, -0.1) is 0 Å². The molecule has 0 spiro atoms. The molecule has 3 rings (SSSR count). The molecule has 0 N–H and O–H groups in total. The molecule has 0 saturated carbocycles. The molecule has 0 amide bonds. The zero-order chi connectivity index (χ0) is 18.2. The van der Waals surface area contributed by atoms with Crippen LogP contribution in [-0.2, 0) is 6.42 Å². The van der Waals surface area contributed by atoms with Crippen molar-refractivity contribution in [2.45, 2.75) is 52.0 Å². The van der Waals surface area contributed by atoms with Gasteiger partial charge in [-0.3, -0.25) is 0 Å². The number of rotatable bonds is 8. The zero-order valence-corrected chi connectivity index (χ0v) is 16.5. The van der Waals surface area contributed by atoms with Crippen LogP contribution in [0.4, 0.5) is 0 Å². The molecule has 140 valence electrons. The Labute approximate surface area is 159 Å². The van der Waals surface area contributed by atoms with Gasteiger partial charge in [-0.25, -0.2) is 0 Å². The second-order valence-electron chi connectivity index (χ2n) is 7.88. The number of para-hydroxylation sites is 1. The predicted molar refractivity (Wildman–Crippen MR) is 110 cm³/mol. The molecule has 1 aliphatic heterocycles. The van der Waals surface area contributed by atoms with Crippen LogP contribution in [0.1, 0.15) is 50.7 Å². The first-order valence-corrected chi connectivity index (χ1v) is 10.3. The molecule has 0 bridgehead atoms. The predicted octanol–water partition coefficient (Wildman–Crippen LogP) is 5.46. The van der Waals surface area contributed by atoms with Gasteiger partial charge in [0, 0.05) is 6.42 Å². The topological polar surface area (TPSA) is 9.23 Å². The van der Waals surface area contributed by atoms with Crippen LogP contribution >= 0.6 is 0 Å². The van der Waals surface area contributed by atoms with Crippen LogP contribution in [0.2, 0.25) is 0 Å². The maximum atomic E-state index is 6.38. The Morgan fingerprint density at radius 2 is 1.62 bits per heavy atom. The highest BCUT2D eigenvalue weighted by Crippen LogP contribution is 2.26. The van der Waals surface area contributed by atoms with Gasteiger partial charge in [0.1, 0.15) is 18.4 Å². The van der Waals surface area contributed by atoms with E-state index in [4.69, 9.17) is 4.74 Å². The summed E-state index contributed by atoms with van der Waals surface area (Å²) in [6.07, 6.45) is 6.33. The first-order valence-electron chi connectivity index (χ1n) is 10.3. The molecule has 1 aliphatic rings. The van der Waals surface area contributed by atoms with E-state index in [1.807, 2.05) is 0 Å². The summed E-state index contributed by atoms with van der Waals surface area (Å²) in [7, 11) is 0. The van der Waals surface area contributed by atoms with Crippen LogP contribution in [0.5, 0.6) is 5.75 Å². The molecule has 2 nitrogen and oxygen atoms in total. The highest BCUT2D eigenvalue weighted by molar-refractivity contribution is 5.37. The molecule has 1 atom stereocenters. The van der Waals surface area contributed by atoms with Crippen molar-refractivity contribution in [3.63, 3.8) is 0 Å². The molecular formula is C24H34NO+. The zero-order valence-electron chi connectivity index (χ0n) is 16.5. The van der Waals surface area contributed by atoms with E-state index in [0.717, 1.165) is 18.8 Å². The van der Waals surface area contributed by atoms with Gasteiger partial charge >= 0.3 is 0 Å². The fraction of sp³-hybridized carbons (Fsp3) is 0.500. The Morgan fingerprint density at radius 3 is 2.35 bits per heavy atom. The van der Waals surface area contributed by atoms with Crippen molar-refractivity contribution >= 4 is 0 Å². The largest absolute Gasteiger partial charge is 0.487 e. The van der Waals surface area contributed by atoms with Gasteiger partial charge in [0.2, 0.25) is 0 Å². The number of likely N-dealkylation sites (tertiary alicyclic amines) is 1. The number of quaternary nitrogens is 1. The van der Waals surface area contributed by atoms with Crippen LogP contribution in [0.15, 0.2) is 54.6 Å². The van der Waals surface area contributed by atoms with Gasteiger partial charge in [0.15, 0.2) is 0 Å². The van der Waals surface area contributed by atoms with Gasteiger partial charge < -0.3 is 9.22 Å². The number of hydrogen-bond donors (Lipinski definition) is 0. The van der Waals surface area contributed by atoms with Gasteiger partial charge in [-0.2, -0.15) is 0 Å². The van der Waals surface area contributed by atoms with E-state index in [2.05, 4.69) is 68.4 Å². The first kappa shape index (κ1) is 19.0. The minimum absolute atomic E-state index is 0.556. The van der Waals surface area contributed by atoms with Crippen LogP contribution in [0, 0.1) is 0 Å². The monoisotopic (exact) mass is 352 g/mol. The third-order valence-corrected chi connectivity index (χ3v) is 6.00. The van der Waals surface area contributed by atoms with Gasteiger partial charge in [0.05, 0.1) is 19.6 Å². The van der Waals surface area contributed by atoms with E-state index < -0.39 is 0 Å². The molecule has 0 radical (unpaired) electrons. The summed E-state index contributed by atoms with van der Waals surface area (Å²) < 4.78 is 7.63. The molecule has 0 aromatic heterocycles. The Morgan fingerprint density at radius 1 is 0.923 bits per heavy atom. The average molecular weight is 353 g/mol. The van der Waals surface area contributed by atoms with Crippen molar-refractivity contribution in [2.24, 2.45) is 0 Å². The third-order valence-electron chi connectivity index (χ3n) is 6.00. The van der Waals surface area contributed by atoms with E-state index in [0.29, 0.717) is 6.04 Å². The fourth-order valence-electron chi connectivity index (χ4n) is 4.45. The summed E-state index contributed by atoms with van der Waals surface area (Å²) in [5.74, 6) is 1.05. The van der Waals surface area contributed by atoms with Crippen LogP contribution < -0.4 is 4.74 Å². The molecular weight excluding hydrogens is 318 g/mol. The van der Waals surface area contributed by atoms with Crippen molar-refractivity contribution in [3.05, 3.63) is 65.7 Å². The van der Waals surface area contributed by atoms with Crippen LogP contribution in [0.25, 0.3) is 0 Å². The molecule has 2 aromatic carbocycles. The summed E-state index contributed by atoms with van der Waals surface area (Å²) in [5, 5.41) is 0. The summed E-state index contributed by atoms with van der Waals surface area (Å²) in [6, 6.07) is 19.8. The SMILES string of the molecule is CCC[N+]1(C(C)COc2ccccc2Cc2ccccc2)CCCCC1. The normalized spacial score (nSPS) is 17.6. The average Bonchev–Trinajstić information content (AvgIpc) is 2.69. The lowest BCUT2D eigenvalue weighted by Gasteiger charge is -2.46. The fourth-order valence-corrected chi connectivity index (χ4v) is 4.45. The summed E-state index contributed by atoms with van der Waals surface area (Å²) >= 11 is 0. The molecule has 0 aliphatic carbocycles.